The molecule has 1 aliphatic heterocycles. The number of nitrogens with zero attached hydrogens (tertiary/aromatic N) is 1. The van der Waals surface area contributed by atoms with Crippen molar-refractivity contribution in [2.45, 2.75) is 49.0 Å². The van der Waals surface area contributed by atoms with E-state index in [1.54, 1.807) is 5.56 Å². The molecule has 1 nitrogen and oxygen atoms in total. The van der Waals surface area contributed by atoms with E-state index < -0.39 is 10.0 Å². The predicted octanol–water partition coefficient (Wildman–Crippen LogP) is 6.53. The van der Waals surface area contributed by atoms with Gasteiger partial charge in [-0.1, -0.05) is 44.2 Å². The van der Waals surface area contributed by atoms with Crippen LogP contribution < -0.4 is 4.57 Å². The standard InChI is InChI=1S/C27H32NS/c1-6-26-19-27(26,7-2)28-17-11-10-13-24(28)22-18-20(15-16-23(22)26)21-12-8-9-14-25(21)29(3,4)5/h8-18H,6-7,19H2,1-5H3/q+1. The largest absolute Gasteiger partial charge is 0.223 e. The molecule has 2 aromatic carbocycles. The SMILES string of the molecule is CCC12CC1(CC)[n+]1ccccc1-c1cc(-c3ccccc3S(C)(C)C)ccc12. The van der Waals surface area contributed by atoms with Crippen molar-refractivity contribution in [2.75, 3.05) is 18.8 Å². The van der Waals surface area contributed by atoms with Crippen LogP contribution in [-0.2, 0) is 11.0 Å². The van der Waals surface area contributed by atoms with Crippen LogP contribution in [0, 0.1) is 0 Å². The fourth-order valence-corrected chi connectivity index (χ4v) is 7.34. The van der Waals surface area contributed by atoms with Gasteiger partial charge in [0.1, 0.15) is 0 Å². The zero-order valence-electron chi connectivity index (χ0n) is 18.3. The molecule has 0 N–H and O–H groups in total. The minimum absolute atomic E-state index is 0.264. The van der Waals surface area contributed by atoms with Crippen LogP contribution in [0.2, 0.25) is 0 Å². The number of hydrogen-bond acceptors (Lipinski definition) is 0. The molecule has 1 saturated carbocycles. The lowest BCUT2D eigenvalue weighted by atomic mass is 9.79. The molecule has 2 heterocycles. The van der Waals surface area contributed by atoms with Crippen molar-refractivity contribution in [3.8, 4) is 22.4 Å². The summed E-state index contributed by atoms with van der Waals surface area (Å²) in [6.07, 6.45) is 13.2. The second-order valence-electron chi connectivity index (χ2n) is 9.55. The third-order valence-electron chi connectivity index (χ3n) is 7.54. The lowest BCUT2D eigenvalue weighted by Crippen LogP contribution is -2.54. The van der Waals surface area contributed by atoms with E-state index in [0.717, 1.165) is 0 Å². The molecule has 0 saturated heterocycles. The van der Waals surface area contributed by atoms with E-state index >= 15 is 0 Å². The normalized spacial score (nSPS) is 25.0. The van der Waals surface area contributed by atoms with E-state index in [-0.39, 0.29) is 5.54 Å². The van der Waals surface area contributed by atoms with Gasteiger partial charge in [-0.25, -0.2) is 10.0 Å². The summed E-state index contributed by atoms with van der Waals surface area (Å²) in [4.78, 5) is 1.50. The first kappa shape index (κ1) is 18.9. The van der Waals surface area contributed by atoms with Gasteiger partial charge in [-0.2, -0.15) is 4.57 Å². The molecule has 1 fully saturated rings. The smallest absolute Gasteiger partial charge is 0.213 e. The number of benzene rings is 2. The van der Waals surface area contributed by atoms with E-state index in [9.17, 15) is 0 Å². The van der Waals surface area contributed by atoms with Crippen LogP contribution in [-0.4, -0.2) is 18.8 Å². The van der Waals surface area contributed by atoms with Gasteiger partial charge in [-0.3, -0.25) is 0 Å². The topological polar surface area (TPSA) is 3.88 Å². The highest BCUT2D eigenvalue weighted by molar-refractivity contribution is 8.32. The van der Waals surface area contributed by atoms with Crippen molar-refractivity contribution in [2.24, 2.45) is 0 Å². The van der Waals surface area contributed by atoms with Crippen molar-refractivity contribution >= 4 is 10.0 Å². The lowest BCUT2D eigenvalue weighted by molar-refractivity contribution is -0.735. The Kier molecular flexibility index (Phi) is 4.06. The highest BCUT2D eigenvalue weighted by Gasteiger charge is 2.76. The molecule has 2 aliphatic rings. The molecule has 0 radical (unpaired) electrons. The molecule has 2 heteroatoms. The third-order valence-corrected chi connectivity index (χ3v) is 9.21. The Morgan fingerprint density at radius 3 is 2.34 bits per heavy atom. The van der Waals surface area contributed by atoms with Gasteiger partial charge < -0.3 is 0 Å². The van der Waals surface area contributed by atoms with Crippen molar-refractivity contribution in [1.82, 2.24) is 0 Å². The summed E-state index contributed by atoms with van der Waals surface area (Å²) >= 11 is 0. The molecule has 1 aliphatic carbocycles. The first-order chi connectivity index (χ1) is 13.9. The van der Waals surface area contributed by atoms with Crippen molar-refractivity contribution < 1.29 is 4.57 Å². The van der Waals surface area contributed by atoms with E-state index in [0.29, 0.717) is 5.41 Å². The summed E-state index contributed by atoms with van der Waals surface area (Å²) in [6, 6.07) is 23.0. The Bertz CT molecular complexity index is 1110. The Morgan fingerprint density at radius 1 is 0.862 bits per heavy atom. The second kappa shape index (κ2) is 6.22. The fourth-order valence-electron chi connectivity index (χ4n) is 6.01. The van der Waals surface area contributed by atoms with Crippen LogP contribution >= 0.6 is 10.0 Å². The maximum Gasteiger partial charge on any atom is 0.213 e. The first-order valence-corrected chi connectivity index (χ1v) is 13.7. The Labute approximate surface area is 177 Å². The molecule has 0 amide bonds. The van der Waals surface area contributed by atoms with Crippen LogP contribution in [0.1, 0.15) is 38.7 Å². The van der Waals surface area contributed by atoms with Crippen molar-refractivity contribution in [3.05, 3.63) is 72.4 Å². The second-order valence-corrected chi connectivity index (χ2v) is 13.7. The van der Waals surface area contributed by atoms with Crippen molar-refractivity contribution in [3.63, 3.8) is 0 Å². The van der Waals surface area contributed by atoms with E-state index in [1.165, 1.54) is 46.5 Å². The maximum absolute atomic E-state index is 2.60. The van der Waals surface area contributed by atoms with Gasteiger partial charge >= 0.3 is 0 Å². The van der Waals surface area contributed by atoms with Crippen molar-refractivity contribution in [1.29, 1.82) is 0 Å². The van der Waals surface area contributed by atoms with Gasteiger partial charge in [0.15, 0.2) is 11.7 Å². The monoisotopic (exact) mass is 402 g/mol. The Morgan fingerprint density at radius 2 is 1.62 bits per heavy atom. The molecule has 2 atom stereocenters. The zero-order chi connectivity index (χ0) is 20.4. The van der Waals surface area contributed by atoms with Gasteiger partial charge in [0.25, 0.3) is 0 Å². The number of pyridine rings is 1. The van der Waals surface area contributed by atoms with Crippen LogP contribution in [0.4, 0.5) is 0 Å². The van der Waals surface area contributed by atoms with E-state index in [1.807, 2.05) is 0 Å². The molecule has 150 valence electrons. The number of aromatic nitrogens is 1. The number of rotatable bonds is 4. The van der Waals surface area contributed by atoms with Crippen LogP contribution in [0.25, 0.3) is 22.4 Å². The molecule has 1 aromatic heterocycles. The highest BCUT2D eigenvalue weighted by atomic mass is 32.3. The summed E-state index contributed by atoms with van der Waals surface area (Å²) in [7, 11) is -0.802. The van der Waals surface area contributed by atoms with Gasteiger partial charge in [0.05, 0.1) is 11.0 Å². The lowest BCUT2D eigenvalue weighted by Gasteiger charge is -2.30. The van der Waals surface area contributed by atoms with Crippen LogP contribution in [0.5, 0.6) is 0 Å². The summed E-state index contributed by atoms with van der Waals surface area (Å²) in [6.45, 7) is 4.74. The van der Waals surface area contributed by atoms with Crippen LogP contribution in [0.3, 0.4) is 0 Å². The molecule has 3 aromatic rings. The van der Waals surface area contributed by atoms with Gasteiger partial charge in [0.2, 0.25) is 5.69 Å². The fraction of sp³-hybridized carbons (Fsp3) is 0.370. The molecular weight excluding hydrogens is 370 g/mol. The third kappa shape index (κ3) is 2.45. The summed E-state index contributed by atoms with van der Waals surface area (Å²) in [5.41, 5.74) is 7.70. The van der Waals surface area contributed by atoms with Gasteiger partial charge in [0, 0.05) is 25.0 Å². The predicted molar refractivity (Wildman–Crippen MR) is 126 cm³/mol. The molecule has 2 unspecified atom stereocenters. The Balaban J connectivity index is 1.76. The maximum atomic E-state index is 2.60. The summed E-state index contributed by atoms with van der Waals surface area (Å²) in [5, 5.41) is 0. The van der Waals surface area contributed by atoms with Gasteiger partial charge in [-0.15, -0.1) is 0 Å². The zero-order valence-corrected chi connectivity index (χ0v) is 19.1. The quantitative estimate of drug-likeness (QED) is 0.437. The molecule has 0 spiro atoms. The molecule has 0 bridgehead atoms. The van der Waals surface area contributed by atoms with E-state index in [2.05, 4.69) is 104 Å². The number of fused-ring (bicyclic) bond motifs is 6. The molecular formula is C27H32NS+. The average Bonchev–Trinajstić information content (AvgIpc) is 3.44. The molecule has 29 heavy (non-hydrogen) atoms. The minimum atomic E-state index is -0.802. The summed E-state index contributed by atoms with van der Waals surface area (Å²) in [5.74, 6) is 0. The summed E-state index contributed by atoms with van der Waals surface area (Å²) < 4.78 is 2.60. The Hall–Kier alpha value is -2.06. The van der Waals surface area contributed by atoms with Gasteiger partial charge in [-0.05, 0) is 65.0 Å². The average molecular weight is 403 g/mol. The highest BCUT2D eigenvalue weighted by Crippen LogP contribution is 2.67. The number of hydrogen-bond donors (Lipinski definition) is 0. The van der Waals surface area contributed by atoms with E-state index in [4.69, 9.17) is 0 Å². The van der Waals surface area contributed by atoms with Crippen LogP contribution in [0.15, 0.2) is 71.8 Å². The minimum Gasteiger partial charge on any atom is -0.223 e. The first-order valence-electron chi connectivity index (χ1n) is 10.8. The molecule has 5 rings (SSSR count).